The monoisotopic (exact) mass is 130 g/mol. The Kier molecular flexibility index (Phi) is 2.05. The lowest BCUT2D eigenvalue weighted by Gasteiger charge is -2.38. The van der Waals surface area contributed by atoms with Crippen LogP contribution in [0.3, 0.4) is 0 Å². The normalized spacial score (nSPS) is 23.3. The molecule has 1 rings (SSSR count). The lowest BCUT2D eigenvalue weighted by atomic mass is 9.95. The summed E-state index contributed by atoms with van der Waals surface area (Å²) in [5, 5.41) is 3.11. The third kappa shape index (κ3) is 1.64. The SMILES string of the molecule is CCOCC1(N)CNC1. The van der Waals surface area contributed by atoms with Gasteiger partial charge in [0.25, 0.3) is 0 Å². The number of nitrogens with two attached hydrogens (primary N) is 1. The van der Waals surface area contributed by atoms with E-state index >= 15 is 0 Å². The van der Waals surface area contributed by atoms with Gasteiger partial charge in [0.1, 0.15) is 0 Å². The first kappa shape index (κ1) is 6.99. The van der Waals surface area contributed by atoms with Crippen LogP contribution in [0.15, 0.2) is 0 Å². The highest BCUT2D eigenvalue weighted by Crippen LogP contribution is 2.05. The molecule has 0 aromatic rings. The van der Waals surface area contributed by atoms with Gasteiger partial charge >= 0.3 is 0 Å². The van der Waals surface area contributed by atoms with Crippen LogP contribution in [0, 0.1) is 0 Å². The molecule has 1 aliphatic heterocycles. The molecule has 1 aliphatic rings. The van der Waals surface area contributed by atoms with Crippen LogP contribution in [0.5, 0.6) is 0 Å². The summed E-state index contributed by atoms with van der Waals surface area (Å²) in [5.74, 6) is 0. The quantitative estimate of drug-likeness (QED) is 0.532. The van der Waals surface area contributed by atoms with E-state index in [2.05, 4.69) is 5.32 Å². The molecule has 3 N–H and O–H groups in total. The van der Waals surface area contributed by atoms with Crippen molar-refractivity contribution in [3.8, 4) is 0 Å². The Balaban J connectivity index is 2.09. The fraction of sp³-hybridized carbons (Fsp3) is 1.00. The average Bonchev–Trinajstić information content (AvgIpc) is 1.79. The van der Waals surface area contributed by atoms with Crippen LogP contribution >= 0.6 is 0 Å². The Labute approximate surface area is 55.6 Å². The summed E-state index contributed by atoms with van der Waals surface area (Å²) >= 11 is 0. The van der Waals surface area contributed by atoms with Crippen LogP contribution in [0.25, 0.3) is 0 Å². The minimum atomic E-state index is -0.0595. The highest BCUT2D eigenvalue weighted by molar-refractivity contribution is 4.97. The fourth-order valence-electron chi connectivity index (χ4n) is 0.854. The smallest absolute Gasteiger partial charge is 0.0671 e. The van der Waals surface area contributed by atoms with E-state index in [1.54, 1.807) is 0 Å². The van der Waals surface area contributed by atoms with E-state index in [9.17, 15) is 0 Å². The largest absolute Gasteiger partial charge is 0.380 e. The summed E-state index contributed by atoms with van der Waals surface area (Å²) in [6.45, 7) is 5.23. The van der Waals surface area contributed by atoms with Gasteiger partial charge in [-0.3, -0.25) is 0 Å². The van der Waals surface area contributed by atoms with E-state index in [1.165, 1.54) is 0 Å². The van der Waals surface area contributed by atoms with Gasteiger partial charge in [-0.1, -0.05) is 0 Å². The summed E-state index contributed by atoms with van der Waals surface area (Å²) in [4.78, 5) is 0. The van der Waals surface area contributed by atoms with Crippen molar-refractivity contribution in [2.45, 2.75) is 12.5 Å². The Hall–Kier alpha value is -0.120. The van der Waals surface area contributed by atoms with Gasteiger partial charge in [-0.25, -0.2) is 0 Å². The maximum absolute atomic E-state index is 5.80. The maximum Gasteiger partial charge on any atom is 0.0671 e. The molecule has 54 valence electrons. The molecule has 0 spiro atoms. The molecule has 0 unspecified atom stereocenters. The van der Waals surface area contributed by atoms with Gasteiger partial charge in [0.15, 0.2) is 0 Å². The molecule has 1 heterocycles. The van der Waals surface area contributed by atoms with Crippen LogP contribution < -0.4 is 11.1 Å². The first-order chi connectivity index (χ1) is 4.27. The molecule has 1 fully saturated rings. The van der Waals surface area contributed by atoms with E-state index in [-0.39, 0.29) is 5.54 Å². The van der Waals surface area contributed by atoms with Crippen molar-refractivity contribution in [2.24, 2.45) is 5.73 Å². The van der Waals surface area contributed by atoms with E-state index in [4.69, 9.17) is 10.5 Å². The van der Waals surface area contributed by atoms with Crippen molar-refractivity contribution >= 4 is 0 Å². The molecule has 3 heteroatoms. The van der Waals surface area contributed by atoms with Crippen molar-refractivity contribution in [3.05, 3.63) is 0 Å². The number of ether oxygens (including phenoxy) is 1. The van der Waals surface area contributed by atoms with E-state index in [0.717, 1.165) is 19.7 Å². The topological polar surface area (TPSA) is 47.3 Å². The van der Waals surface area contributed by atoms with Crippen LogP contribution in [0.2, 0.25) is 0 Å². The molecular weight excluding hydrogens is 116 g/mol. The van der Waals surface area contributed by atoms with Crippen LogP contribution in [-0.2, 0) is 4.74 Å². The van der Waals surface area contributed by atoms with E-state index < -0.39 is 0 Å². The lowest BCUT2D eigenvalue weighted by molar-refractivity contribution is 0.0696. The van der Waals surface area contributed by atoms with Gasteiger partial charge in [-0.05, 0) is 6.92 Å². The summed E-state index contributed by atoms with van der Waals surface area (Å²) < 4.78 is 5.18. The van der Waals surface area contributed by atoms with Gasteiger partial charge in [-0.15, -0.1) is 0 Å². The molecular formula is C6H14N2O. The minimum absolute atomic E-state index is 0.0595. The Morgan fingerprint density at radius 1 is 1.67 bits per heavy atom. The molecule has 9 heavy (non-hydrogen) atoms. The van der Waals surface area contributed by atoms with Gasteiger partial charge in [0.2, 0.25) is 0 Å². The molecule has 0 aromatic heterocycles. The molecule has 0 bridgehead atoms. The average molecular weight is 130 g/mol. The highest BCUT2D eigenvalue weighted by Gasteiger charge is 2.31. The lowest BCUT2D eigenvalue weighted by Crippen LogP contribution is -2.68. The number of hydrogen-bond donors (Lipinski definition) is 2. The van der Waals surface area contributed by atoms with E-state index in [1.807, 2.05) is 6.92 Å². The van der Waals surface area contributed by atoms with Gasteiger partial charge < -0.3 is 15.8 Å². The number of nitrogens with one attached hydrogen (secondary N) is 1. The third-order valence-electron chi connectivity index (χ3n) is 1.55. The Morgan fingerprint density at radius 3 is 2.67 bits per heavy atom. The molecule has 0 aliphatic carbocycles. The second-order valence-corrected chi connectivity index (χ2v) is 2.60. The summed E-state index contributed by atoms with van der Waals surface area (Å²) in [7, 11) is 0. The van der Waals surface area contributed by atoms with Gasteiger partial charge in [0, 0.05) is 19.7 Å². The summed E-state index contributed by atoms with van der Waals surface area (Å²) in [5.41, 5.74) is 5.74. The van der Waals surface area contributed by atoms with Crippen molar-refractivity contribution in [1.29, 1.82) is 0 Å². The number of hydrogen-bond acceptors (Lipinski definition) is 3. The zero-order chi connectivity index (χ0) is 6.74. The zero-order valence-electron chi connectivity index (χ0n) is 5.81. The first-order valence-corrected chi connectivity index (χ1v) is 3.34. The Morgan fingerprint density at radius 2 is 2.33 bits per heavy atom. The molecule has 0 radical (unpaired) electrons. The molecule has 0 saturated carbocycles. The van der Waals surface area contributed by atoms with Crippen LogP contribution in [0.1, 0.15) is 6.92 Å². The molecule has 0 atom stereocenters. The molecule has 0 amide bonds. The molecule has 0 aromatic carbocycles. The van der Waals surface area contributed by atoms with Crippen molar-refractivity contribution in [3.63, 3.8) is 0 Å². The number of rotatable bonds is 3. The highest BCUT2D eigenvalue weighted by atomic mass is 16.5. The summed E-state index contributed by atoms with van der Waals surface area (Å²) in [6, 6.07) is 0. The van der Waals surface area contributed by atoms with Crippen molar-refractivity contribution in [1.82, 2.24) is 5.32 Å². The summed E-state index contributed by atoms with van der Waals surface area (Å²) in [6.07, 6.45) is 0. The molecule has 3 nitrogen and oxygen atoms in total. The van der Waals surface area contributed by atoms with Gasteiger partial charge in [-0.2, -0.15) is 0 Å². The predicted octanol–water partition coefficient (Wildman–Crippen LogP) is -0.676. The van der Waals surface area contributed by atoms with Crippen LogP contribution in [0.4, 0.5) is 0 Å². The second-order valence-electron chi connectivity index (χ2n) is 2.60. The Bertz CT molecular complexity index is 91.1. The first-order valence-electron chi connectivity index (χ1n) is 3.34. The zero-order valence-corrected chi connectivity index (χ0v) is 5.81. The molecule has 1 saturated heterocycles. The van der Waals surface area contributed by atoms with Crippen molar-refractivity contribution < 1.29 is 4.74 Å². The minimum Gasteiger partial charge on any atom is -0.380 e. The maximum atomic E-state index is 5.80. The predicted molar refractivity (Wildman–Crippen MR) is 36.3 cm³/mol. The fourth-order valence-corrected chi connectivity index (χ4v) is 0.854. The van der Waals surface area contributed by atoms with E-state index in [0.29, 0.717) is 6.61 Å². The second kappa shape index (κ2) is 2.64. The van der Waals surface area contributed by atoms with Crippen molar-refractivity contribution in [2.75, 3.05) is 26.3 Å². The van der Waals surface area contributed by atoms with Gasteiger partial charge in [0.05, 0.1) is 12.1 Å². The standard InChI is InChI=1S/C6H14N2O/c1-2-9-5-6(7)3-8-4-6/h8H,2-5,7H2,1H3. The van der Waals surface area contributed by atoms with Crippen LogP contribution in [-0.4, -0.2) is 31.8 Å². The third-order valence-corrected chi connectivity index (χ3v) is 1.55.